The lowest BCUT2D eigenvalue weighted by molar-refractivity contribution is 0.0701. The molecule has 0 radical (unpaired) electrons. The zero-order valence-corrected chi connectivity index (χ0v) is 11.2. The van der Waals surface area contributed by atoms with Crippen LogP contribution in [0.3, 0.4) is 0 Å². The highest BCUT2D eigenvalue weighted by Crippen LogP contribution is 2.33. The van der Waals surface area contributed by atoms with Crippen molar-refractivity contribution in [3.63, 3.8) is 0 Å². The summed E-state index contributed by atoms with van der Waals surface area (Å²) in [4.78, 5) is 11.5. The number of halogens is 1. The van der Waals surface area contributed by atoms with Crippen LogP contribution >= 0.6 is 11.3 Å². The van der Waals surface area contributed by atoms with E-state index < -0.39 is 11.8 Å². The molecule has 6 heteroatoms. The highest BCUT2D eigenvalue weighted by atomic mass is 32.1. The van der Waals surface area contributed by atoms with Crippen molar-refractivity contribution in [2.75, 3.05) is 5.43 Å². The Hall–Kier alpha value is -2.34. The van der Waals surface area contributed by atoms with Gasteiger partial charge in [-0.1, -0.05) is 6.07 Å². The number of hydrogen-bond donors (Lipinski definition) is 2. The fraction of sp³-hybridized carbons (Fsp3) is 0.0714. The zero-order chi connectivity index (χ0) is 14.1. The molecule has 0 saturated carbocycles. The van der Waals surface area contributed by atoms with E-state index in [9.17, 15) is 14.3 Å². The Morgan fingerprint density at radius 2 is 2.05 bits per heavy atom. The fourth-order valence-electron chi connectivity index (χ4n) is 2.12. The van der Waals surface area contributed by atoms with E-state index in [0.29, 0.717) is 15.6 Å². The van der Waals surface area contributed by atoms with Gasteiger partial charge >= 0.3 is 5.97 Å². The van der Waals surface area contributed by atoms with Gasteiger partial charge in [0, 0.05) is 28.0 Å². The predicted octanol–water partition coefficient (Wildman–Crippen LogP) is 3.28. The Kier molecular flexibility index (Phi) is 3.15. The van der Waals surface area contributed by atoms with E-state index >= 15 is 0 Å². The second-order valence-electron chi connectivity index (χ2n) is 4.25. The maximum atomic E-state index is 14.0. The average Bonchev–Trinajstić information content (AvgIpc) is 3.03. The summed E-state index contributed by atoms with van der Waals surface area (Å²) in [7, 11) is 0. The summed E-state index contributed by atoms with van der Waals surface area (Å²) in [5.74, 6) is -1.43. The molecule has 0 spiro atoms. The smallest absolute Gasteiger partial charge is 0.346 e. The molecule has 0 aliphatic rings. The number of aromatic carboxylic acids is 1. The first-order valence-electron chi connectivity index (χ1n) is 5.97. The lowest BCUT2D eigenvalue weighted by Crippen LogP contribution is -2.13. The third-order valence-electron chi connectivity index (χ3n) is 3.00. The van der Waals surface area contributed by atoms with E-state index in [1.807, 2.05) is 12.1 Å². The number of nitrogens with zero attached hydrogens (tertiary/aromatic N) is 1. The standard InChI is InChI=1S/C14H11FN2O2S/c15-10-4-3-5-11-12(10)9(13(20-11)14(18)19)8-16-17-6-1-2-7-17/h1-7,16H,8H2,(H,18,19). The molecule has 0 unspecified atom stereocenters. The zero-order valence-electron chi connectivity index (χ0n) is 10.3. The first-order chi connectivity index (χ1) is 9.66. The van der Waals surface area contributed by atoms with E-state index in [4.69, 9.17) is 0 Å². The Morgan fingerprint density at radius 1 is 1.30 bits per heavy atom. The van der Waals surface area contributed by atoms with Crippen molar-refractivity contribution in [1.82, 2.24) is 4.68 Å². The molecule has 20 heavy (non-hydrogen) atoms. The second-order valence-corrected chi connectivity index (χ2v) is 5.31. The number of carboxylic acid groups (broad SMARTS) is 1. The van der Waals surface area contributed by atoms with Gasteiger partial charge in [0.25, 0.3) is 0 Å². The van der Waals surface area contributed by atoms with Crippen molar-refractivity contribution in [1.29, 1.82) is 0 Å². The molecule has 0 saturated heterocycles. The van der Waals surface area contributed by atoms with Crippen LogP contribution in [0.2, 0.25) is 0 Å². The van der Waals surface area contributed by atoms with Gasteiger partial charge < -0.3 is 10.5 Å². The number of carbonyl (C=O) groups is 1. The molecule has 4 nitrogen and oxygen atoms in total. The molecule has 1 aromatic carbocycles. The van der Waals surface area contributed by atoms with E-state index in [1.54, 1.807) is 29.2 Å². The van der Waals surface area contributed by atoms with Crippen LogP contribution in [-0.2, 0) is 6.54 Å². The molecular weight excluding hydrogens is 279 g/mol. The molecule has 2 N–H and O–H groups in total. The summed E-state index contributed by atoms with van der Waals surface area (Å²) in [6.45, 7) is 0.247. The third-order valence-corrected chi connectivity index (χ3v) is 4.19. The van der Waals surface area contributed by atoms with Crippen LogP contribution < -0.4 is 5.43 Å². The summed E-state index contributed by atoms with van der Waals surface area (Å²) in [6.07, 6.45) is 3.59. The van der Waals surface area contributed by atoms with E-state index in [0.717, 1.165) is 11.3 Å². The lowest BCUT2D eigenvalue weighted by atomic mass is 10.1. The summed E-state index contributed by atoms with van der Waals surface area (Å²) in [5.41, 5.74) is 3.51. The normalized spacial score (nSPS) is 10.8. The van der Waals surface area contributed by atoms with Crippen LogP contribution in [0.4, 0.5) is 4.39 Å². The molecule has 0 aliphatic heterocycles. The maximum absolute atomic E-state index is 14.0. The summed E-state index contributed by atoms with van der Waals surface area (Å²) in [6, 6.07) is 8.35. The van der Waals surface area contributed by atoms with Gasteiger partial charge in [-0.2, -0.15) is 0 Å². The van der Waals surface area contributed by atoms with E-state index in [-0.39, 0.29) is 11.4 Å². The fourth-order valence-corrected chi connectivity index (χ4v) is 3.19. The first kappa shape index (κ1) is 12.7. The number of nitrogens with one attached hydrogen (secondary N) is 1. The summed E-state index contributed by atoms with van der Waals surface area (Å²) in [5, 5.41) is 9.65. The summed E-state index contributed by atoms with van der Waals surface area (Å²) >= 11 is 1.09. The van der Waals surface area contributed by atoms with Gasteiger partial charge in [-0.15, -0.1) is 11.3 Å². The van der Waals surface area contributed by atoms with Crippen LogP contribution in [0, 0.1) is 5.82 Å². The number of rotatable bonds is 4. The molecule has 2 heterocycles. The molecule has 2 aromatic heterocycles. The largest absolute Gasteiger partial charge is 0.477 e. The molecule has 3 rings (SSSR count). The minimum atomic E-state index is -1.03. The minimum absolute atomic E-state index is 0.171. The predicted molar refractivity (Wildman–Crippen MR) is 76.2 cm³/mol. The van der Waals surface area contributed by atoms with Gasteiger partial charge in [-0.05, 0) is 24.3 Å². The number of hydrogen-bond acceptors (Lipinski definition) is 3. The Morgan fingerprint density at radius 3 is 2.75 bits per heavy atom. The van der Waals surface area contributed by atoms with Gasteiger partial charge in [0.2, 0.25) is 0 Å². The van der Waals surface area contributed by atoms with Gasteiger partial charge in [-0.3, -0.25) is 4.68 Å². The van der Waals surface area contributed by atoms with Crippen LogP contribution in [-0.4, -0.2) is 15.8 Å². The molecule has 0 aliphatic carbocycles. The molecule has 0 amide bonds. The van der Waals surface area contributed by atoms with Crippen LogP contribution in [0.25, 0.3) is 10.1 Å². The Bertz CT molecular complexity index is 765. The Balaban J connectivity index is 2.06. The van der Waals surface area contributed by atoms with Crippen LogP contribution in [0.1, 0.15) is 15.2 Å². The van der Waals surface area contributed by atoms with Gasteiger partial charge in [-0.25, -0.2) is 9.18 Å². The van der Waals surface area contributed by atoms with Gasteiger partial charge in [0.15, 0.2) is 0 Å². The average molecular weight is 290 g/mol. The number of thiophene rings is 1. The van der Waals surface area contributed by atoms with Crippen molar-refractivity contribution in [2.24, 2.45) is 0 Å². The van der Waals surface area contributed by atoms with Crippen molar-refractivity contribution in [3.05, 3.63) is 59.0 Å². The number of benzene rings is 1. The highest BCUT2D eigenvalue weighted by molar-refractivity contribution is 7.21. The van der Waals surface area contributed by atoms with Crippen LogP contribution in [0.15, 0.2) is 42.7 Å². The molecule has 102 valence electrons. The number of carboxylic acids is 1. The van der Waals surface area contributed by atoms with Crippen molar-refractivity contribution in [3.8, 4) is 0 Å². The lowest BCUT2D eigenvalue weighted by Gasteiger charge is -2.08. The quantitative estimate of drug-likeness (QED) is 0.775. The maximum Gasteiger partial charge on any atom is 0.346 e. The Labute approximate surface area is 118 Å². The molecular formula is C14H11FN2O2S. The second kappa shape index (κ2) is 4.97. The van der Waals surface area contributed by atoms with Crippen molar-refractivity contribution < 1.29 is 14.3 Å². The number of aromatic nitrogens is 1. The number of fused-ring (bicyclic) bond motifs is 1. The molecule has 0 bridgehead atoms. The molecule has 3 aromatic rings. The highest BCUT2D eigenvalue weighted by Gasteiger charge is 2.19. The third kappa shape index (κ3) is 2.14. The van der Waals surface area contributed by atoms with Crippen molar-refractivity contribution in [2.45, 2.75) is 6.54 Å². The van der Waals surface area contributed by atoms with Gasteiger partial charge in [0.1, 0.15) is 10.7 Å². The first-order valence-corrected chi connectivity index (χ1v) is 6.78. The summed E-state index contributed by atoms with van der Waals surface area (Å²) < 4.78 is 16.3. The van der Waals surface area contributed by atoms with E-state index in [1.165, 1.54) is 6.07 Å². The molecule has 0 atom stereocenters. The molecule has 0 fully saturated rings. The monoisotopic (exact) mass is 290 g/mol. The SMILES string of the molecule is O=C(O)c1sc2cccc(F)c2c1CNn1cccc1. The van der Waals surface area contributed by atoms with E-state index in [2.05, 4.69) is 5.43 Å². The topological polar surface area (TPSA) is 54.3 Å². The van der Waals surface area contributed by atoms with Crippen LogP contribution in [0.5, 0.6) is 0 Å². The minimum Gasteiger partial charge on any atom is -0.477 e. The van der Waals surface area contributed by atoms with Crippen molar-refractivity contribution >= 4 is 27.4 Å². The van der Waals surface area contributed by atoms with Gasteiger partial charge in [0.05, 0.1) is 6.54 Å².